The second-order valence-electron chi connectivity index (χ2n) is 8.75. The van der Waals surface area contributed by atoms with E-state index in [-0.39, 0.29) is 10.7 Å². The van der Waals surface area contributed by atoms with Crippen molar-refractivity contribution in [1.29, 1.82) is 0 Å². The Morgan fingerprint density at radius 2 is 1.74 bits per heavy atom. The zero-order valence-electron chi connectivity index (χ0n) is 18.8. The van der Waals surface area contributed by atoms with Crippen LogP contribution in [0, 0.1) is 0 Å². The predicted octanol–water partition coefficient (Wildman–Crippen LogP) is 3.92. The highest BCUT2D eigenvalue weighted by Gasteiger charge is 2.30. The Morgan fingerprint density at radius 1 is 0.971 bits per heavy atom. The van der Waals surface area contributed by atoms with Crippen LogP contribution in [0.15, 0.2) is 47.4 Å². The molecular weight excluding hydrogens is 454 g/mol. The molecule has 9 nitrogen and oxygen atoms in total. The second-order valence-corrected chi connectivity index (χ2v) is 10.7. The summed E-state index contributed by atoms with van der Waals surface area (Å²) in [5.74, 6) is 2.36. The molecule has 0 atom stereocenters. The van der Waals surface area contributed by atoms with Crippen molar-refractivity contribution < 1.29 is 17.9 Å². The number of sulfonamides is 1. The lowest BCUT2D eigenvalue weighted by Crippen LogP contribution is -2.28. The van der Waals surface area contributed by atoms with E-state index in [4.69, 9.17) is 14.5 Å². The molecule has 2 aliphatic rings. The molecule has 4 aromatic rings. The molecule has 0 saturated heterocycles. The zero-order valence-corrected chi connectivity index (χ0v) is 19.7. The summed E-state index contributed by atoms with van der Waals surface area (Å²) in [5.41, 5.74) is 1.99. The van der Waals surface area contributed by atoms with Crippen LogP contribution in [0.3, 0.4) is 0 Å². The highest BCUT2D eigenvalue weighted by atomic mass is 32.2. The Morgan fingerprint density at radius 3 is 2.56 bits per heavy atom. The molecule has 0 radical (unpaired) electrons. The van der Waals surface area contributed by atoms with Gasteiger partial charge in [-0.2, -0.15) is 0 Å². The van der Waals surface area contributed by atoms with E-state index in [2.05, 4.69) is 10.2 Å². The number of aromatic nitrogens is 4. The molecule has 34 heavy (non-hydrogen) atoms. The third-order valence-corrected chi connectivity index (χ3v) is 8.42. The summed E-state index contributed by atoms with van der Waals surface area (Å²) in [6.07, 6.45) is 5.66. The minimum atomic E-state index is -3.95. The van der Waals surface area contributed by atoms with Crippen molar-refractivity contribution in [3.63, 3.8) is 0 Å². The van der Waals surface area contributed by atoms with Gasteiger partial charge in [-0.1, -0.05) is 31.4 Å². The standard InChI is InChI=1S/C24H25N5O4S/c1-28(34(30,31)17-11-12-20-21(15-17)33-14-13-32-20)23-24-27-26-22(16-7-3-2-4-8-16)29(24)19-10-6-5-9-18(19)25-23/h5-6,9-12,15-16H,2-4,7-8,13-14H2,1H3. The van der Waals surface area contributed by atoms with Crippen molar-refractivity contribution in [1.82, 2.24) is 19.6 Å². The van der Waals surface area contributed by atoms with Crippen LogP contribution in [-0.2, 0) is 10.0 Å². The Bertz CT molecular complexity index is 1490. The predicted molar refractivity (Wildman–Crippen MR) is 127 cm³/mol. The molecule has 10 heteroatoms. The van der Waals surface area contributed by atoms with Gasteiger partial charge in [-0.15, -0.1) is 10.2 Å². The fourth-order valence-electron chi connectivity index (χ4n) is 4.88. The Labute approximate surface area is 197 Å². The summed E-state index contributed by atoms with van der Waals surface area (Å²) in [7, 11) is -2.45. The van der Waals surface area contributed by atoms with Crippen molar-refractivity contribution in [2.45, 2.75) is 42.9 Å². The molecule has 1 aliphatic carbocycles. The number of hydrogen-bond acceptors (Lipinski definition) is 7. The summed E-state index contributed by atoms with van der Waals surface area (Å²) in [4.78, 5) is 4.81. The van der Waals surface area contributed by atoms with Gasteiger partial charge in [-0.3, -0.25) is 4.40 Å². The third-order valence-electron chi connectivity index (χ3n) is 6.68. The number of ether oxygens (including phenoxy) is 2. The normalized spacial score (nSPS) is 16.7. The quantitative estimate of drug-likeness (QED) is 0.437. The van der Waals surface area contributed by atoms with Crippen LogP contribution in [0.1, 0.15) is 43.8 Å². The number of hydrogen-bond donors (Lipinski definition) is 0. The molecule has 0 amide bonds. The van der Waals surface area contributed by atoms with Gasteiger partial charge in [0.25, 0.3) is 10.0 Å². The minimum Gasteiger partial charge on any atom is -0.486 e. The van der Waals surface area contributed by atoms with Crippen molar-refractivity contribution in [2.75, 3.05) is 24.6 Å². The summed E-state index contributed by atoms with van der Waals surface area (Å²) in [6.45, 7) is 0.817. The number of rotatable bonds is 4. The van der Waals surface area contributed by atoms with Crippen molar-refractivity contribution >= 4 is 32.5 Å². The average molecular weight is 480 g/mol. The van der Waals surface area contributed by atoms with Crippen LogP contribution in [-0.4, -0.2) is 48.3 Å². The second kappa shape index (κ2) is 8.12. The molecule has 2 aromatic carbocycles. The van der Waals surface area contributed by atoms with Crippen LogP contribution in [0.5, 0.6) is 11.5 Å². The summed E-state index contributed by atoms with van der Waals surface area (Å²) >= 11 is 0. The molecule has 3 heterocycles. The third kappa shape index (κ3) is 3.35. The maximum absolute atomic E-state index is 13.6. The maximum Gasteiger partial charge on any atom is 0.265 e. The first-order valence-corrected chi connectivity index (χ1v) is 13.0. The lowest BCUT2D eigenvalue weighted by molar-refractivity contribution is 0.171. The van der Waals surface area contributed by atoms with Gasteiger partial charge in [0.15, 0.2) is 17.3 Å². The van der Waals surface area contributed by atoms with Crippen LogP contribution < -0.4 is 13.8 Å². The van der Waals surface area contributed by atoms with E-state index >= 15 is 0 Å². The number of fused-ring (bicyclic) bond motifs is 4. The maximum atomic E-state index is 13.6. The van der Waals surface area contributed by atoms with E-state index in [1.54, 1.807) is 6.07 Å². The molecule has 176 valence electrons. The molecule has 0 unspecified atom stereocenters. The number of para-hydroxylation sites is 2. The van der Waals surface area contributed by atoms with E-state index in [1.807, 2.05) is 28.7 Å². The molecule has 0 spiro atoms. The smallest absolute Gasteiger partial charge is 0.265 e. The summed E-state index contributed by atoms with van der Waals surface area (Å²) < 4.78 is 41.6. The van der Waals surface area contributed by atoms with E-state index in [9.17, 15) is 8.42 Å². The van der Waals surface area contributed by atoms with Gasteiger partial charge in [-0.25, -0.2) is 17.7 Å². The van der Waals surface area contributed by atoms with E-state index in [1.165, 1.54) is 29.9 Å². The fourth-order valence-corrected chi connectivity index (χ4v) is 6.05. The number of nitrogens with zero attached hydrogens (tertiary/aromatic N) is 5. The topological polar surface area (TPSA) is 98.9 Å². The first kappa shape index (κ1) is 21.2. The van der Waals surface area contributed by atoms with Crippen molar-refractivity contribution in [3.05, 3.63) is 48.3 Å². The number of anilines is 1. The molecule has 0 N–H and O–H groups in total. The fraction of sp³-hybridized carbons (Fsp3) is 0.375. The van der Waals surface area contributed by atoms with E-state index < -0.39 is 10.0 Å². The van der Waals surface area contributed by atoms with Gasteiger partial charge in [0.1, 0.15) is 19.0 Å². The first-order chi connectivity index (χ1) is 16.5. The van der Waals surface area contributed by atoms with Crippen LogP contribution in [0.4, 0.5) is 5.82 Å². The van der Waals surface area contributed by atoms with Gasteiger partial charge in [0.2, 0.25) is 5.65 Å². The Hall–Kier alpha value is -3.40. The lowest BCUT2D eigenvalue weighted by atomic mass is 9.89. The molecule has 1 fully saturated rings. The summed E-state index contributed by atoms with van der Waals surface area (Å²) in [6, 6.07) is 12.3. The van der Waals surface area contributed by atoms with E-state index in [0.717, 1.165) is 37.0 Å². The molecule has 1 saturated carbocycles. The van der Waals surface area contributed by atoms with Crippen molar-refractivity contribution in [2.24, 2.45) is 0 Å². The van der Waals surface area contributed by atoms with Crippen molar-refractivity contribution in [3.8, 4) is 11.5 Å². The average Bonchev–Trinajstić information content (AvgIpc) is 3.33. The molecule has 2 aromatic heterocycles. The Kier molecular flexibility index (Phi) is 5.05. The van der Waals surface area contributed by atoms with E-state index in [0.29, 0.717) is 41.8 Å². The molecule has 0 bridgehead atoms. The van der Waals surface area contributed by atoms with Gasteiger partial charge < -0.3 is 9.47 Å². The first-order valence-electron chi connectivity index (χ1n) is 11.6. The SMILES string of the molecule is CN(c1nc2ccccc2n2c(C3CCCCC3)nnc12)S(=O)(=O)c1ccc2c(c1)OCCO2. The van der Waals surface area contributed by atoms with Crippen LogP contribution >= 0.6 is 0 Å². The van der Waals surface area contributed by atoms with Gasteiger partial charge in [0, 0.05) is 19.0 Å². The van der Waals surface area contributed by atoms with Gasteiger partial charge in [-0.05, 0) is 37.1 Å². The monoisotopic (exact) mass is 479 g/mol. The molecule has 6 rings (SSSR count). The number of benzene rings is 2. The minimum absolute atomic E-state index is 0.0966. The molecular formula is C24H25N5O4S. The Balaban J connectivity index is 1.50. The highest BCUT2D eigenvalue weighted by molar-refractivity contribution is 7.92. The van der Waals surface area contributed by atoms with Crippen LogP contribution in [0.2, 0.25) is 0 Å². The highest BCUT2D eigenvalue weighted by Crippen LogP contribution is 2.37. The zero-order chi connectivity index (χ0) is 23.3. The van der Waals surface area contributed by atoms with Gasteiger partial charge in [0.05, 0.1) is 15.9 Å². The molecule has 1 aliphatic heterocycles. The lowest BCUT2D eigenvalue weighted by Gasteiger charge is -2.23. The van der Waals surface area contributed by atoms with Gasteiger partial charge >= 0.3 is 0 Å². The largest absolute Gasteiger partial charge is 0.486 e. The summed E-state index contributed by atoms with van der Waals surface area (Å²) in [5, 5.41) is 8.98. The van der Waals surface area contributed by atoms with Crippen LogP contribution in [0.25, 0.3) is 16.7 Å².